The van der Waals surface area contributed by atoms with Crippen molar-refractivity contribution in [3.63, 3.8) is 0 Å². The zero-order chi connectivity index (χ0) is 25.1. The number of benzene rings is 2. The summed E-state index contributed by atoms with van der Waals surface area (Å²) in [6, 6.07) is 16.1. The second kappa shape index (κ2) is 10.2. The van der Waals surface area contributed by atoms with E-state index in [-0.39, 0.29) is 24.1 Å². The number of rotatable bonds is 7. The fourth-order valence-electron chi connectivity index (χ4n) is 4.17. The minimum atomic E-state index is -0.337. The van der Waals surface area contributed by atoms with Gasteiger partial charge in [-0.3, -0.25) is 19.7 Å². The average Bonchev–Trinajstić information content (AvgIpc) is 3.39. The van der Waals surface area contributed by atoms with Crippen LogP contribution in [-0.4, -0.2) is 26.4 Å². The van der Waals surface area contributed by atoms with E-state index >= 15 is 0 Å². The summed E-state index contributed by atoms with van der Waals surface area (Å²) in [7, 11) is 0. The largest absolute Gasteiger partial charge is 0.385 e. The standard InChI is InChI=1S/C29H25FN4O2/c1-18-6-8-24(25(30)11-18)20-12-21(27-15-29(36-34-27)26-5-3-4-10-31-26)14-22(13-20)28(35)9-7-23-17-32-19(2)16-33-23/h3-6,8,10-14,16-17,29H,7,9,15H2,1-2H3. The van der Waals surface area contributed by atoms with Crippen molar-refractivity contribution in [1.29, 1.82) is 0 Å². The quantitative estimate of drug-likeness (QED) is 0.304. The van der Waals surface area contributed by atoms with E-state index in [9.17, 15) is 9.18 Å². The van der Waals surface area contributed by atoms with Crippen molar-refractivity contribution in [3.05, 3.63) is 113 Å². The van der Waals surface area contributed by atoms with E-state index < -0.39 is 0 Å². The summed E-state index contributed by atoms with van der Waals surface area (Å²) in [5, 5.41) is 4.29. The number of halogens is 1. The first-order valence-electron chi connectivity index (χ1n) is 11.8. The van der Waals surface area contributed by atoms with Gasteiger partial charge in [-0.25, -0.2) is 4.39 Å². The molecule has 0 saturated heterocycles. The highest BCUT2D eigenvalue weighted by Gasteiger charge is 2.26. The third-order valence-electron chi connectivity index (χ3n) is 6.15. The van der Waals surface area contributed by atoms with Gasteiger partial charge >= 0.3 is 0 Å². The Morgan fingerprint density at radius 1 is 1.00 bits per heavy atom. The Bertz CT molecular complexity index is 1440. The SMILES string of the molecule is Cc1ccc(-c2cc(C(=O)CCc3cnc(C)cn3)cc(C3=NOC(c4ccccn4)C3)c2)c(F)c1. The number of pyridine rings is 1. The van der Waals surface area contributed by atoms with Crippen LogP contribution >= 0.6 is 0 Å². The summed E-state index contributed by atoms with van der Waals surface area (Å²) in [6.07, 6.45) is 6.02. The number of nitrogens with zero attached hydrogens (tertiary/aromatic N) is 4. The van der Waals surface area contributed by atoms with Crippen LogP contribution in [0.4, 0.5) is 4.39 Å². The molecule has 7 heteroatoms. The molecule has 1 aliphatic rings. The van der Waals surface area contributed by atoms with Gasteiger partial charge in [-0.05, 0) is 67.8 Å². The number of ketones is 1. The first kappa shape index (κ1) is 23.5. The molecule has 2 aromatic heterocycles. The molecule has 6 nitrogen and oxygen atoms in total. The lowest BCUT2D eigenvalue weighted by Gasteiger charge is -2.11. The number of aryl methyl sites for hydroxylation is 3. The Morgan fingerprint density at radius 3 is 2.61 bits per heavy atom. The van der Waals surface area contributed by atoms with E-state index in [1.165, 1.54) is 6.07 Å². The van der Waals surface area contributed by atoms with E-state index in [1.807, 2.05) is 50.2 Å². The van der Waals surface area contributed by atoms with Gasteiger partial charge in [-0.2, -0.15) is 0 Å². The summed E-state index contributed by atoms with van der Waals surface area (Å²) in [4.78, 5) is 31.8. The maximum Gasteiger partial charge on any atom is 0.174 e. The van der Waals surface area contributed by atoms with Gasteiger partial charge in [0.25, 0.3) is 0 Å². The van der Waals surface area contributed by atoms with Crippen molar-refractivity contribution >= 4 is 11.5 Å². The van der Waals surface area contributed by atoms with Crippen LogP contribution in [0.5, 0.6) is 0 Å². The number of Topliss-reactive ketones (excluding diaryl/α,β-unsaturated/α-hetero) is 1. The van der Waals surface area contributed by atoms with Crippen molar-refractivity contribution in [3.8, 4) is 11.1 Å². The predicted molar refractivity (Wildman–Crippen MR) is 135 cm³/mol. The molecule has 0 amide bonds. The van der Waals surface area contributed by atoms with Gasteiger partial charge in [0.15, 0.2) is 11.9 Å². The van der Waals surface area contributed by atoms with Crippen molar-refractivity contribution in [2.75, 3.05) is 0 Å². The molecule has 180 valence electrons. The summed E-state index contributed by atoms with van der Waals surface area (Å²) >= 11 is 0. The predicted octanol–water partition coefficient (Wildman–Crippen LogP) is 5.98. The number of hydrogen-bond donors (Lipinski definition) is 0. The highest BCUT2D eigenvalue weighted by molar-refractivity contribution is 6.05. The minimum Gasteiger partial charge on any atom is -0.385 e. The molecule has 2 aromatic carbocycles. The highest BCUT2D eigenvalue weighted by atomic mass is 19.1. The lowest BCUT2D eigenvalue weighted by atomic mass is 9.92. The zero-order valence-corrected chi connectivity index (χ0v) is 20.1. The molecule has 0 fully saturated rings. The Hall–Kier alpha value is -4.26. The van der Waals surface area contributed by atoms with Gasteiger partial charge in [-0.1, -0.05) is 23.4 Å². The van der Waals surface area contributed by atoms with Gasteiger partial charge in [-0.15, -0.1) is 0 Å². The number of carbonyl (C=O) groups excluding carboxylic acids is 1. The molecule has 1 unspecified atom stereocenters. The molecule has 3 heterocycles. The summed E-state index contributed by atoms with van der Waals surface area (Å²) in [5.74, 6) is -0.398. The normalized spacial score (nSPS) is 14.9. The van der Waals surface area contributed by atoms with Crippen LogP contribution < -0.4 is 0 Å². The molecule has 0 aliphatic carbocycles. The van der Waals surface area contributed by atoms with Crippen molar-refractivity contribution in [2.45, 2.75) is 39.2 Å². The van der Waals surface area contributed by atoms with E-state index in [0.717, 1.165) is 28.2 Å². The molecule has 0 radical (unpaired) electrons. The maximum atomic E-state index is 14.9. The Morgan fingerprint density at radius 2 is 1.86 bits per heavy atom. The molecule has 1 aliphatic heterocycles. The first-order chi connectivity index (χ1) is 17.5. The summed E-state index contributed by atoms with van der Waals surface area (Å²) in [5.41, 5.74) is 6.15. The monoisotopic (exact) mass is 480 g/mol. The second-order valence-electron chi connectivity index (χ2n) is 8.95. The number of hydrogen-bond acceptors (Lipinski definition) is 6. The van der Waals surface area contributed by atoms with Crippen molar-refractivity contribution < 1.29 is 14.0 Å². The molecule has 0 saturated carbocycles. The molecule has 0 N–H and O–H groups in total. The highest BCUT2D eigenvalue weighted by Crippen LogP contribution is 2.32. The van der Waals surface area contributed by atoms with Crippen LogP contribution in [0.25, 0.3) is 11.1 Å². The lowest BCUT2D eigenvalue weighted by Crippen LogP contribution is -2.07. The van der Waals surface area contributed by atoms with Gasteiger partial charge in [0.2, 0.25) is 0 Å². The average molecular weight is 481 g/mol. The van der Waals surface area contributed by atoms with Crippen LogP contribution in [0.1, 0.15) is 57.5 Å². The fourth-order valence-corrected chi connectivity index (χ4v) is 4.17. The third kappa shape index (κ3) is 5.20. The minimum absolute atomic E-state index is 0.0613. The maximum absolute atomic E-state index is 14.9. The molecular formula is C29H25FN4O2. The third-order valence-corrected chi connectivity index (χ3v) is 6.15. The van der Waals surface area contributed by atoms with Crippen LogP contribution in [0.2, 0.25) is 0 Å². The molecular weight excluding hydrogens is 455 g/mol. The Labute approximate surface area is 208 Å². The topological polar surface area (TPSA) is 77.3 Å². The van der Waals surface area contributed by atoms with Crippen molar-refractivity contribution in [2.24, 2.45) is 5.16 Å². The summed E-state index contributed by atoms with van der Waals surface area (Å²) < 4.78 is 14.9. The molecule has 36 heavy (non-hydrogen) atoms. The molecule has 0 bridgehead atoms. The van der Waals surface area contributed by atoms with E-state index in [1.54, 1.807) is 30.7 Å². The van der Waals surface area contributed by atoms with Gasteiger partial charge < -0.3 is 4.84 Å². The molecule has 1 atom stereocenters. The Balaban J connectivity index is 1.46. The van der Waals surface area contributed by atoms with Gasteiger partial charge in [0.1, 0.15) is 5.82 Å². The van der Waals surface area contributed by atoms with Crippen molar-refractivity contribution in [1.82, 2.24) is 15.0 Å². The van der Waals surface area contributed by atoms with Gasteiger partial charge in [0.05, 0.1) is 22.8 Å². The zero-order valence-electron chi connectivity index (χ0n) is 20.1. The number of aromatic nitrogens is 3. The molecule has 4 aromatic rings. The van der Waals surface area contributed by atoms with E-state index in [0.29, 0.717) is 35.2 Å². The lowest BCUT2D eigenvalue weighted by molar-refractivity contribution is 0.0826. The Kier molecular flexibility index (Phi) is 6.62. The molecule has 0 spiro atoms. The van der Waals surface area contributed by atoms with Crippen LogP contribution in [0, 0.1) is 19.7 Å². The van der Waals surface area contributed by atoms with Crippen LogP contribution in [0.15, 0.2) is 78.3 Å². The number of carbonyl (C=O) groups is 1. The fraction of sp³-hybridized carbons (Fsp3) is 0.207. The molecule has 5 rings (SSSR count). The van der Waals surface area contributed by atoms with Gasteiger partial charge in [0, 0.05) is 48.1 Å². The van der Waals surface area contributed by atoms with Crippen LogP contribution in [0.3, 0.4) is 0 Å². The summed E-state index contributed by atoms with van der Waals surface area (Å²) in [6.45, 7) is 3.71. The smallest absolute Gasteiger partial charge is 0.174 e. The van der Waals surface area contributed by atoms with E-state index in [4.69, 9.17) is 4.84 Å². The first-order valence-corrected chi connectivity index (χ1v) is 11.8. The van der Waals surface area contributed by atoms with Crippen LogP contribution in [-0.2, 0) is 11.3 Å². The van der Waals surface area contributed by atoms with E-state index in [2.05, 4.69) is 20.1 Å². The second-order valence-corrected chi connectivity index (χ2v) is 8.95. The number of oxime groups is 1.